The largest absolute Gasteiger partial charge is 0.377 e. The highest BCUT2D eigenvalue weighted by molar-refractivity contribution is 7.89. The standard InChI is InChI=1S/C25H26FNO3S/c1-20-12-14-23(15-13-20)31(29,30)27-18-16-24(26,17-19-27)25(28,21-8-4-2-5-9-21)22-10-6-3-7-11-22/h2-15,28H,16-19H2,1H3. The molecule has 0 saturated carbocycles. The fourth-order valence-corrected chi connectivity index (χ4v) is 5.79. The van der Waals surface area contributed by atoms with E-state index in [-0.39, 0.29) is 30.8 Å². The number of hydrogen-bond donors (Lipinski definition) is 1. The van der Waals surface area contributed by atoms with Crippen LogP contribution in [0.4, 0.5) is 4.39 Å². The summed E-state index contributed by atoms with van der Waals surface area (Å²) < 4.78 is 43.9. The number of alkyl halides is 1. The third kappa shape index (κ3) is 3.80. The molecule has 162 valence electrons. The van der Waals surface area contributed by atoms with Crippen molar-refractivity contribution in [3.63, 3.8) is 0 Å². The Kier molecular flexibility index (Phi) is 5.73. The molecule has 0 amide bonds. The van der Waals surface area contributed by atoms with Crippen molar-refractivity contribution >= 4 is 10.0 Å². The number of aryl methyl sites for hydroxylation is 1. The Balaban J connectivity index is 1.66. The molecule has 1 N–H and O–H groups in total. The van der Waals surface area contributed by atoms with Gasteiger partial charge in [0.15, 0.2) is 0 Å². The van der Waals surface area contributed by atoms with Crippen LogP contribution in [0.3, 0.4) is 0 Å². The molecule has 3 aromatic carbocycles. The Morgan fingerprint density at radius 2 is 1.29 bits per heavy atom. The second kappa shape index (κ2) is 8.19. The summed E-state index contributed by atoms with van der Waals surface area (Å²) in [5, 5.41) is 11.8. The van der Waals surface area contributed by atoms with Crippen LogP contribution in [0.15, 0.2) is 89.8 Å². The average molecular weight is 440 g/mol. The predicted octanol–water partition coefficient (Wildman–Crippen LogP) is 4.42. The normalized spacial score (nSPS) is 17.4. The maximum absolute atomic E-state index is 16.5. The predicted molar refractivity (Wildman–Crippen MR) is 119 cm³/mol. The maximum atomic E-state index is 16.5. The van der Waals surface area contributed by atoms with E-state index < -0.39 is 21.3 Å². The first-order chi connectivity index (χ1) is 14.8. The lowest BCUT2D eigenvalue weighted by atomic mass is 9.70. The molecule has 3 aromatic rings. The fraction of sp³-hybridized carbons (Fsp3) is 0.280. The molecule has 0 bridgehead atoms. The number of aliphatic hydroxyl groups is 1. The van der Waals surface area contributed by atoms with Crippen molar-refractivity contribution in [1.82, 2.24) is 4.31 Å². The molecule has 6 heteroatoms. The number of hydrogen-bond acceptors (Lipinski definition) is 3. The highest BCUT2D eigenvalue weighted by Crippen LogP contribution is 2.48. The van der Waals surface area contributed by atoms with Crippen molar-refractivity contribution in [3.05, 3.63) is 102 Å². The lowest BCUT2D eigenvalue weighted by Gasteiger charge is -2.46. The van der Waals surface area contributed by atoms with Crippen LogP contribution in [-0.4, -0.2) is 36.6 Å². The summed E-state index contributed by atoms with van der Waals surface area (Å²) in [6, 6.07) is 24.2. The summed E-state index contributed by atoms with van der Waals surface area (Å²) in [4.78, 5) is 0.200. The number of halogens is 1. The Morgan fingerprint density at radius 3 is 1.74 bits per heavy atom. The fourth-order valence-electron chi connectivity index (χ4n) is 4.34. The molecular formula is C25H26FNO3S. The van der Waals surface area contributed by atoms with Crippen molar-refractivity contribution in [3.8, 4) is 0 Å². The SMILES string of the molecule is Cc1ccc(S(=O)(=O)N2CCC(F)(C(O)(c3ccccc3)c3ccccc3)CC2)cc1. The molecule has 4 rings (SSSR count). The minimum absolute atomic E-state index is 0.00527. The van der Waals surface area contributed by atoms with E-state index in [1.165, 1.54) is 4.31 Å². The van der Waals surface area contributed by atoms with Crippen LogP contribution in [0.1, 0.15) is 29.5 Å². The van der Waals surface area contributed by atoms with E-state index in [9.17, 15) is 13.5 Å². The van der Waals surface area contributed by atoms with E-state index >= 15 is 4.39 Å². The number of benzene rings is 3. The first-order valence-corrected chi connectivity index (χ1v) is 11.8. The number of nitrogens with zero attached hydrogens (tertiary/aromatic N) is 1. The molecule has 1 heterocycles. The molecule has 0 radical (unpaired) electrons. The Bertz CT molecular complexity index is 1080. The zero-order valence-electron chi connectivity index (χ0n) is 17.4. The molecule has 31 heavy (non-hydrogen) atoms. The van der Waals surface area contributed by atoms with Crippen LogP contribution >= 0.6 is 0 Å². The van der Waals surface area contributed by atoms with Crippen LogP contribution in [0, 0.1) is 6.92 Å². The lowest BCUT2D eigenvalue weighted by molar-refractivity contribution is -0.103. The molecule has 4 nitrogen and oxygen atoms in total. The van der Waals surface area contributed by atoms with Gasteiger partial charge in [0.25, 0.3) is 0 Å². The van der Waals surface area contributed by atoms with Crippen LogP contribution in [0.25, 0.3) is 0 Å². The summed E-state index contributed by atoms with van der Waals surface area (Å²) in [6.45, 7) is 1.88. The van der Waals surface area contributed by atoms with Gasteiger partial charge >= 0.3 is 0 Å². The van der Waals surface area contributed by atoms with Gasteiger partial charge in [-0.2, -0.15) is 4.31 Å². The molecule has 1 saturated heterocycles. The number of piperidine rings is 1. The van der Waals surface area contributed by atoms with Crippen molar-refractivity contribution in [2.24, 2.45) is 0 Å². The third-order valence-electron chi connectivity index (χ3n) is 6.21. The summed E-state index contributed by atoms with van der Waals surface area (Å²) in [7, 11) is -3.72. The number of rotatable bonds is 5. The van der Waals surface area contributed by atoms with E-state index in [0.29, 0.717) is 11.1 Å². The summed E-state index contributed by atoms with van der Waals surface area (Å²) in [5.74, 6) is 0. The van der Waals surface area contributed by atoms with Crippen molar-refractivity contribution < 1.29 is 17.9 Å². The molecule has 1 fully saturated rings. The Labute approximate surface area is 183 Å². The minimum Gasteiger partial charge on any atom is -0.377 e. The van der Waals surface area contributed by atoms with E-state index in [2.05, 4.69) is 0 Å². The smallest absolute Gasteiger partial charge is 0.243 e. The Morgan fingerprint density at radius 1 is 0.839 bits per heavy atom. The van der Waals surface area contributed by atoms with E-state index in [4.69, 9.17) is 0 Å². The van der Waals surface area contributed by atoms with Gasteiger partial charge in [-0.15, -0.1) is 0 Å². The van der Waals surface area contributed by atoms with Crippen LogP contribution in [0.2, 0.25) is 0 Å². The maximum Gasteiger partial charge on any atom is 0.243 e. The first-order valence-electron chi connectivity index (χ1n) is 10.4. The van der Waals surface area contributed by atoms with Gasteiger partial charge < -0.3 is 5.11 Å². The third-order valence-corrected chi connectivity index (χ3v) is 8.12. The highest BCUT2D eigenvalue weighted by atomic mass is 32.2. The van der Waals surface area contributed by atoms with E-state index in [1.807, 2.05) is 19.1 Å². The van der Waals surface area contributed by atoms with Crippen LogP contribution in [-0.2, 0) is 15.6 Å². The van der Waals surface area contributed by atoms with Gasteiger partial charge in [0.2, 0.25) is 10.0 Å². The quantitative estimate of drug-likeness (QED) is 0.640. The van der Waals surface area contributed by atoms with Crippen LogP contribution in [0.5, 0.6) is 0 Å². The topological polar surface area (TPSA) is 57.6 Å². The molecule has 0 spiro atoms. The van der Waals surface area contributed by atoms with Crippen molar-refractivity contribution in [2.75, 3.05) is 13.1 Å². The van der Waals surface area contributed by atoms with Crippen LogP contribution < -0.4 is 0 Å². The average Bonchev–Trinajstić information content (AvgIpc) is 2.80. The molecule has 1 aliphatic heterocycles. The van der Waals surface area contributed by atoms with Gasteiger partial charge in [-0.25, -0.2) is 12.8 Å². The molecule has 0 aromatic heterocycles. The summed E-state index contributed by atoms with van der Waals surface area (Å²) >= 11 is 0. The van der Waals surface area contributed by atoms with Gasteiger partial charge in [0.05, 0.1) is 4.90 Å². The zero-order chi connectivity index (χ0) is 22.1. The highest BCUT2D eigenvalue weighted by Gasteiger charge is 2.55. The first kappa shape index (κ1) is 21.7. The Hall–Kier alpha value is -2.54. The molecule has 1 aliphatic rings. The second-order valence-corrected chi connectivity index (χ2v) is 10.1. The second-order valence-electron chi connectivity index (χ2n) is 8.12. The van der Waals surface area contributed by atoms with Gasteiger partial charge in [-0.05, 0) is 43.0 Å². The summed E-state index contributed by atoms with van der Waals surface area (Å²) in [6.07, 6.45) is -0.225. The lowest BCUT2D eigenvalue weighted by Crippen LogP contribution is -2.56. The molecule has 0 aliphatic carbocycles. The monoisotopic (exact) mass is 439 g/mol. The minimum atomic E-state index is -3.72. The van der Waals surface area contributed by atoms with E-state index in [0.717, 1.165) is 5.56 Å². The molecule has 0 atom stereocenters. The summed E-state index contributed by atoms with van der Waals surface area (Å²) in [5.41, 5.74) is -2.02. The van der Waals surface area contributed by atoms with Crippen molar-refractivity contribution in [1.29, 1.82) is 0 Å². The number of sulfonamides is 1. The molecular weight excluding hydrogens is 413 g/mol. The van der Waals surface area contributed by atoms with Gasteiger partial charge in [0, 0.05) is 13.1 Å². The van der Waals surface area contributed by atoms with Gasteiger partial charge in [-0.3, -0.25) is 0 Å². The molecule has 0 unspecified atom stereocenters. The van der Waals surface area contributed by atoms with Gasteiger partial charge in [-0.1, -0.05) is 78.4 Å². The van der Waals surface area contributed by atoms with Crippen molar-refractivity contribution in [2.45, 2.75) is 35.9 Å². The van der Waals surface area contributed by atoms with Gasteiger partial charge in [0.1, 0.15) is 11.3 Å². The van der Waals surface area contributed by atoms with E-state index in [1.54, 1.807) is 72.8 Å². The zero-order valence-corrected chi connectivity index (χ0v) is 18.2.